The molecule has 2 atom stereocenters. The number of nitrogens with one attached hydrogen (secondary N) is 2. The minimum absolute atomic E-state index is 0.0362. The van der Waals surface area contributed by atoms with Crippen LogP contribution in [-0.4, -0.2) is 28.8 Å². The van der Waals surface area contributed by atoms with E-state index in [2.05, 4.69) is 16.4 Å². The van der Waals surface area contributed by atoms with Gasteiger partial charge in [0, 0.05) is 18.1 Å². The van der Waals surface area contributed by atoms with Crippen molar-refractivity contribution in [2.75, 3.05) is 7.05 Å². The van der Waals surface area contributed by atoms with Crippen LogP contribution in [0.3, 0.4) is 0 Å². The Morgan fingerprint density at radius 2 is 2.10 bits per heavy atom. The fraction of sp³-hybridized carbons (Fsp3) is 0.182. The number of halogens is 1. The van der Waals surface area contributed by atoms with Crippen LogP contribution in [0.4, 0.5) is 0 Å². The first kappa shape index (κ1) is 20.1. The molecule has 1 aromatic carbocycles. The van der Waals surface area contributed by atoms with Crippen LogP contribution in [-0.2, 0) is 10.3 Å². The zero-order chi connectivity index (χ0) is 21.5. The second-order valence-electron chi connectivity index (χ2n) is 7.30. The average molecular weight is 436 g/mol. The minimum Gasteiger partial charge on any atom is -0.345 e. The van der Waals surface area contributed by atoms with Crippen LogP contribution in [0.1, 0.15) is 29.0 Å². The van der Waals surface area contributed by atoms with Gasteiger partial charge in [0.1, 0.15) is 5.92 Å². The van der Waals surface area contributed by atoms with Crippen molar-refractivity contribution in [2.24, 2.45) is 0 Å². The largest absolute Gasteiger partial charge is 0.345 e. The molecule has 4 rings (SSSR count). The van der Waals surface area contributed by atoms with Gasteiger partial charge in [-0.2, -0.15) is 5.26 Å². The summed E-state index contributed by atoms with van der Waals surface area (Å²) < 4.78 is 0. The number of thiophene rings is 1. The molecule has 0 radical (unpaired) electrons. The van der Waals surface area contributed by atoms with Gasteiger partial charge < -0.3 is 5.32 Å². The quantitative estimate of drug-likeness (QED) is 0.640. The number of hydrogen-bond acceptors (Lipinski definition) is 5. The molecule has 1 amide bonds. The average Bonchev–Trinajstić information content (AvgIpc) is 3.25. The van der Waals surface area contributed by atoms with E-state index in [0.717, 1.165) is 16.0 Å². The molecule has 0 bridgehead atoms. The van der Waals surface area contributed by atoms with E-state index in [1.54, 1.807) is 25.2 Å². The molecule has 3 aromatic rings. The first-order valence-electron chi connectivity index (χ1n) is 9.19. The second kappa shape index (κ2) is 7.56. The molecule has 1 saturated heterocycles. The monoisotopic (exact) mass is 435 g/mol. The number of benzene rings is 1. The number of pyridine rings is 1. The summed E-state index contributed by atoms with van der Waals surface area (Å²) in [6.45, 7) is 1.91. The topological polar surface area (TPSA) is 92.9 Å². The highest BCUT2D eigenvalue weighted by Crippen LogP contribution is 2.43. The van der Waals surface area contributed by atoms with Crippen molar-refractivity contribution in [3.63, 3.8) is 0 Å². The summed E-state index contributed by atoms with van der Waals surface area (Å²) in [7, 11) is 1.58. The van der Waals surface area contributed by atoms with Crippen molar-refractivity contribution in [1.82, 2.24) is 15.2 Å². The molecular formula is C22H18ClN5OS. The summed E-state index contributed by atoms with van der Waals surface area (Å²) in [6, 6.07) is 15.0. The van der Waals surface area contributed by atoms with Crippen molar-refractivity contribution in [3.8, 4) is 17.2 Å². The number of nitriles is 1. The van der Waals surface area contributed by atoms with Gasteiger partial charge in [-0.25, -0.2) is 0 Å². The van der Waals surface area contributed by atoms with Crippen LogP contribution in [0.15, 0.2) is 54.0 Å². The summed E-state index contributed by atoms with van der Waals surface area (Å²) in [4.78, 5) is 19.8. The van der Waals surface area contributed by atoms with Gasteiger partial charge in [0.2, 0.25) is 5.91 Å². The molecule has 1 aliphatic rings. The van der Waals surface area contributed by atoms with E-state index in [1.165, 1.54) is 22.4 Å². The van der Waals surface area contributed by atoms with Crippen LogP contribution in [0.2, 0.25) is 5.02 Å². The van der Waals surface area contributed by atoms with Crippen molar-refractivity contribution in [2.45, 2.75) is 18.4 Å². The Balaban J connectivity index is 1.81. The van der Waals surface area contributed by atoms with Crippen LogP contribution in [0.25, 0.3) is 11.1 Å². The van der Waals surface area contributed by atoms with Crippen molar-refractivity contribution >= 4 is 34.8 Å². The number of rotatable bonds is 3. The predicted molar refractivity (Wildman–Crippen MR) is 117 cm³/mol. The minimum atomic E-state index is -0.864. The Morgan fingerprint density at radius 3 is 2.80 bits per heavy atom. The summed E-state index contributed by atoms with van der Waals surface area (Å²) >= 11 is 7.50. The molecule has 0 aliphatic carbocycles. The van der Waals surface area contributed by atoms with E-state index in [1.807, 2.05) is 36.6 Å². The van der Waals surface area contributed by atoms with Gasteiger partial charge in [-0.3, -0.25) is 20.1 Å². The Morgan fingerprint density at radius 1 is 1.30 bits per heavy atom. The normalized spacial score (nSPS) is 21.3. The first-order valence-corrected chi connectivity index (χ1v) is 10.4. The summed E-state index contributed by atoms with van der Waals surface area (Å²) in [5, 5.41) is 23.1. The first-order chi connectivity index (χ1) is 14.3. The van der Waals surface area contributed by atoms with Crippen molar-refractivity contribution < 1.29 is 4.79 Å². The van der Waals surface area contributed by atoms with E-state index in [0.29, 0.717) is 16.3 Å². The zero-order valence-electron chi connectivity index (χ0n) is 16.3. The number of guanidine groups is 1. The predicted octanol–water partition coefficient (Wildman–Crippen LogP) is 4.33. The lowest BCUT2D eigenvalue weighted by Gasteiger charge is -2.44. The summed E-state index contributed by atoms with van der Waals surface area (Å²) in [5.41, 5.74) is 2.19. The third-order valence-corrected chi connectivity index (χ3v) is 6.74. The number of likely N-dealkylation sites (N-methyl/N-ethyl adjacent to an activating group) is 1. The molecule has 0 spiro atoms. The molecule has 3 heterocycles. The highest BCUT2D eigenvalue weighted by molar-refractivity contribution is 7.10. The van der Waals surface area contributed by atoms with Gasteiger partial charge in [-0.15, -0.1) is 11.3 Å². The van der Waals surface area contributed by atoms with Gasteiger partial charge in [0.05, 0.1) is 27.9 Å². The number of nitrogens with zero attached hydrogens (tertiary/aromatic N) is 3. The Labute approximate surface area is 183 Å². The Bertz CT molecular complexity index is 1180. The number of amides is 1. The van der Waals surface area contributed by atoms with E-state index in [4.69, 9.17) is 17.0 Å². The van der Waals surface area contributed by atoms with Crippen LogP contribution >= 0.6 is 22.9 Å². The fourth-order valence-corrected chi connectivity index (χ4v) is 4.84. The maximum absolute atomic E-state index is 13.2. The lowest BCUT2D eigenvalue weighted by Crippen LogP contribution is -2.62. The molecule has 150 valence electrons. The van der Waals surface area contributed by atoms with Gasteiger partial charge in [0.25, 0.3) is 0 Å². The summed E-state index contributed by atoms with van der Waals surface area (Å²) in [5.74, 6) is -0.808. The Hall–Kier alpha value is -3.21. The smallest absolute Gasteiger partial charge is 0.240 e. The molecule has 8 heteroatoms. The lowest BCUT2D eigenvalue weighted by atomic mass is 9.78. The Kier molecular flexibility index (Phi) is 5.06. The molecule has 0 unspecified atom stereocenters. The van der Waals surface area contributed by atoms with Crippen molar-refractivity contribution in [1.29, 1.82) is 10.7 Å². The maximum Gasteiger partial charge on any atom is 0.240 e. The lowest BCUT2D eigenvalue weighted by molar-refractivity contribution is -0.131. The highest BCUT2D eigenvalue weighted by atomic mass is 35.5. The molecule has 1 aliphatic heterocycles. The second-order valence-corrected chi connectivity index (χ2v) is 8.65. The number of hydrogen-bond donors (Lipinski definition) is 2. The zero-order valence-corrected chi connectivity index (χ0v) is 17.9. The molecule has 0 saturated carbocycles. The third-order valence-electron chi connectivity index (χ3n) is 5.35. The standard InChI is InChI=1S/C22H18ClN5OS/c1-22(18-9-15(12-30-18)14-5-3-4-13(8-14)10-24)19(17-7-6-16(23)11-26-17)20(29)28(2)21(25)27-22/h3-9,11-12,19H,1-2H3,(H2,25,27)/t19-,22-/m1/s1. The fourth-order valence-electron chi connectivity index (χ4n) is 3.67. The number of carbonyl (C=O) groups is 1. The summed E-state index contributed by atoms with van der Waals surface area (Å²) in [6.07, 6.45) is 1.53. The number of aromatic nitrogens is 1. The molecule has 2 N–H and O–H groups in total. The van der Waals surface area contributed by atoms with Gasteiger partial charge in [-0.1, -0.05) is 23.7 Å². The van der Waals surface area contributed by atoms with Gasteiger partial charge in [-0.05, 0) is 53.8 Å². The molecule has 2 aromatic heterocycles. The molecular weight excluding hydrogens is 418 g/mol. The molecule has 6 nitrogen and oxygen atoms in total. The SMILES string of the molecule is CN1C(=N)N[C@](C)(c2cc(-c3cccc(C#N)c3)cs2)[C@H](c2ccc(Cl)cn2)C1=O. The number of carbonyl (C=O) groups excluding carboxylic acids is 1. The van der Waals surface area contributed by atoms with E-state index >= 15 is 0 Å². The van der Waals surface area contributed by atoms with E-state index in [9.17, 15) is 10.1 Å². The van der Waals surface area contributed by atoms with Crippen LogP contribution < -0.4 is 5.32 Å². The highest BCUT2D eigenvalue weighted by Gasteiger charge is 2.49. The molecule has 1 fully saturated rings. The molecule has 30 heavy (non-hydrogen) atoms. The maximum atomic E-state index is 13.2. The van der Waals surface area contributed by atoms with Crippen LogP contribution in [0, 0.1) is 16.7 Å². The van der Waals surface area contributed by atoms with Gasteiger partial charge >= 0.3 is 0 Å². The third kappa shape index (κ3) is 3.34. The van der Waals surface area contributed by atoms with Crippen LogP contribution in [0.5, 0.6) is 0 Å². The van der Waals surface area contributed by atoms with E-state index in [-0.39, 0.29) is 11.9 Å². The van der Waals surface area contributed by atoms with Crippen molar-refractivity contribution in [3.05, 3.63) is 75.2 Å². The van der Waals surface area contributed by atoms with Gasteiger partial charge in [0.15, 0.2) is 5.96 Å². The van der Waals surface area contributed by atoms with E-state index < -0.39 is 11.5 Å².